The van der Waals surface area contributed by atoms with Crippen LogP contribution in [0, 0.1) is 6.92 Å². The van der Waals surface area contributed by atoms with Crippen molar-refractivity contribution in [2.24, 2.45) is 0 Å². The zero-order valence-corrected chi connectivity index (χ0v) is 12.7. The topological polar surface area (TPSA) is 41.9 Å². The lowest BCUT2D eigenvalue weighted by atomic mass is 10.00. The maximum Gasteiger partial charge on any atom is 0.123 e. The number of rotatable bonds is 5. The van der Waals surface area contributed by atoms with Gasteiger partial charge in [0.25, 0.3) is 0 Å². The third kappa shape index (κ3) is 3.87. The van der Waals surface area contributed by atoms with Crippen LogP contribution in [0.5, 0.6) is 11.5 Å². The first-order chi connectivity index (χ1) is 9.58. The van der Waals surface area contributed by atoms with Gasteiger partial charge in [-0.05, 0) is 30.5 Å². The highest BCUT2D eigenvalue weighted by Gasteiger charge is 2.13. The van der Waals surface area contributed by atoms with Crippen molar-refractivity contribution in [1.82, 2.24) is 4.90 Å². The summed E-state index contributed by atoms with van der Waals surface area (Å²) in [6.45, 7) is 11.3. The van der Waals surface area contributed by atoms with Crippen LogP contribution in [0.2, 0.25) is 0 Å². The van der Waals surface area contributed by atoms with Gasteiger partial charge in [0, 0.05) is 25.2 Å². The molecule has 4 heteroatoms. The summed E-state index contributed by atoms with van der Waals surface area (Å²) in [4.78, 5) is 2.35. The zero-order valence-electron chi connectivity index (χ0n) is 12.7. The molecule has 4 nitrogen and oxygen atoms in total. The second kappa shape index (κ2) is 6.95. The average molecular weight is 279 g/mol. The summed E-state index contributed by atoms with van der Waals surface area (Å²) in [5.41, 5.74) is 1.92. The number of morpholine rings is 1. The van der Waals surface area contributed by atoms with Crippen LogP contribution in [-0.4, -0.2) is 49.5 Å². The minimum absolute atomic E-state index is 0.333. The summed E-state index contributed by atoms with van der Waals surface area (Å²) in [7, 11) is 0. The van der Waals surface area contributed by atoms with E-state index in [1.165, 1.54) is 0 Å². The number of benzene rings is 1. The van der Waals surface area contributed by atoms with E-state index in [0.717, 1.165) is 49.7 Å². The number of phenolic OH excluding ortho intramolecular Hbond substituents is 1. The first-order valence-electron chi connectivity index (χ1n) is 7.34. The van der Waals surface area contributed by atoms with Gasteiger partial charge in [-0.25, -0.2) is 0 Å². The van der Waals surface area contributed by atoms with Crippen molar-refractivity contribution in [3.05, 3.63) is 23.3 Å². The van der Waals surface area contributed by atoms with Gasteiger partial charge in [-0.1, -0.05) is 13.8 Å². The van der Waals surface area contributed by atoms with Crippen molar-refractivity contribution in [1.29, 1.82) is 0 Å². The normalized spacial score (nSPS) is 16.6. The van der Waals surface area contributed by atoms with E-state index in [1.54, 1.807) is 0 Å². The van der Waals surface area contributed by atoms with E-state index >= 15 is 0 Å². The van der Waals surface area contributed by atoms with Gasteiger partial charge in [-0.2, -0.15) is 0 Å². The summed E-state index contributed by atoms with van der Waals surface area (Å²) in [6, 6.07) is 3.76. The van der Waals surface area contributed by atoms with Crippen molar-refractivity contribution in [3.8, 4) is 11.5 Å². The highest BCUT2D eigenvalue weighted by atomic mass is 16.5. The third-order valence-corrected chi connectivity index (χ3v) is 3.72. The summed E-state index contributed by atoms with van der Waals surface area (Å²) < 4.78 is 11.3. The lowest BCUT2D eigenvalue weighted by molar-refractivity contribution is 0.0322. The number of aryl methyl sites for hydroxylation is 1. The lowest BCUT2D eigenvalue weighted by Gasteiger charge is -2.26. The number of hydrogen-bond acceptors (Lipinski definition) is 4. The predicted molar refractivity (Wildman–Crippen MR) is 79.7 cm³/mol. The summed E-state index contributed by atoms with van der Waals surface area (Å²) >= 11 is 0. The Kier molecular flexibility index (Phi) is 5.26. The third-order valence-electron chi connectivity index (χ3n) is 3.72. The van der Waals surface area contributed by atoms with Gasteiger partial charge >= 0.3 is 0 Å². The van der Waals surface area contributed by atoms with Crippen LogP contribution < -0.4 is 4.74 Å². The largest absolute Gasteiger partial charge is 0.508 e. The lowest BCUT2D eigenvalue weighted by Crippen LogP contribution is -2.38. The molecule has 0 atom stereocenters. The quantitative estimate of drug-likeness (QED) is 0.899. The maximum atomic E-state index is 9.83. The highest BCUT2D eigenvalue weighted by Crippen LogP contribution is 2.32. The van der Waals surface area contributed by atoms with E-state index in [9.17, 15) is 5.11 Å². The SMILES string of the molecule is Cc1cc(OCCN2CCOCC2)c(C(C)C)cc1O. The van der Waals surface area contributed by atoms with E-state index < -0.39 is 0 Å². The Morgan fingerprint density at radius 2 is 2.00 bits per heavy atom. The molecule has 0 aromatic heterocycles. The minimum atomic E-state index is 0.333. The number of hydrogen-bond donors (Lipinski definition) is 1. The average Bonchev–Trinajstić information content (AvgIpc) is 2.43. The molecule has 0 aliphatic carbocycles. The van der Waals surface area contributed by atoms with E-state index in [0.29, 0.717) is 18.3 Å². The van der Waals surface area contributed by atoms with Gasteiger partial charge in [-0.3, -0.25) is 4.90 Å². The van der Waals surface area contributed by atoms with Crippen LogP contribution in [-0.2, 0) is 4.74 Å². The molecule has 0 unspecified atom stereocenters. The maximum absolute atomic E-state index is 9.83. The van der Waals surface area contributed by atoms with E-state index in [2.05, 4.69) is 18.7 Å². The molecular formula is C16H25NO3. The van der Waals surface area contributed by atoms with Gasteiger partial charge in [0.15, 0.2) is 0 Å². The van der Waals surface area contributed by atoms with Gasteiger partial charge in [0.1, 0.15) is 18.1 Å². The Morgan fingerprint density at radius 3 is 2.65 bits per heavy atom. The van der Waals surface area contributed by atoms with Crippen LogP contribution in [0.25, 0.3) is 0 Å². The molecule has 112 valence electrons. The number of nitrogens with zero attached hydrogens (tertiary/aromatic N) is 1. The summed E-state index contributed by atoms with van der Waals surface area (Å²) in [5.74, 6) is 1.57. The fraction of sp³-hybridized carbons (Fsp3) is 0.625. The molecule has 20 heavy (non-hydrogen) atoms. The molecule has 1 N–H and O–H groups in total. The van der Waals surface area contributed by atoms with Gasteiger partial charge < -0.3 is 14.6 Å². The second-order valence-corrected chi connectivity index (χ2v) is 5.63. The van der Waals surface area contributed by atoms with E-state index in [-0.39, 0.29) is 0 Å². The van der Waals surface area contributed by atoms with Crippen molar-refractivity contribution in [2.45, 2.75) is 26.7 Å². The van der Waals surface area contributed by atoms with Crippen molar-refractivity contribution in [2.75, 3.05) is 39.5 Å². The van der Waals surface area contributed by atoms with E-state index in [4.69, 9.17) is 9.47 Å². The molecule has 1 saturated heterocycles. The molecule has 1 fully saturated rings. The fourth-order valence-corrected chi connectivity index (χ4v) is 2.37. The van der Waals surface area contributed by atoms with Gasteiger partial charge in [-0.15, -0.1) is 0 Å². The van der Waals surface area contributed by atoms with Crippen molar-refractivity contribution >= 4 is 0 Å². The predicted octanol–water partition coefficient (Wildman–Crippen LogP) is 2.54. The van der Waals surface area contributed by atoms with Gasteiger partial charge in [0.05, 0.1) is 13.2 Å². The fourth-order valence-electron chi connectivity index (χ4n) is 2.37. The summed E-state index contributed by atoms with van der Waals surface area (Å²) in [5, 5.41) is 9.83. The van der Waals surface area contributed by atoms with Gasteiger partial charge in [0.2, 0.25) is 0 Å². The molecule has 0 bridgehead atoms. The molecule has 0 radical (unpaired) electrons. The molecule has 1 aromatic rings. The molecular weight excluding hydrogens is 254 g/mol. The zero-order chi connectivity index (χ0) is 14.5. The number of phenols is 1. The monoisotopic (exact) mass is 279 g/mol. The van der Waals surface area contributed by atoms with Crippen molar-refractivity contribution in [3.63, 3.8) is 0 Å². The van der Waals surface area contributed by atoms with Crippen LogP contribution in [0.1, 0.15) is 30.9 Å². The van der Waals surface area contributed by atoms with E-state index in [1.807, 2.05) is 19.1 Å². The molecule has 0 saturated carbocycles. The number of ether oxygens (including phenoxy) is 2. The Bertz CT molecular complexity index is 440. The molecule has 1 aliphatic rings. The molecule has 1 aromatic carbocycles. The minimum Gasteiger partial charge on any atom is -0.508 e. The molecule has 1 heterocycles. The van der Waals surface area contributed by atoms with Crippen LogP contribution >= 0.6 is 0 Å². The Morgan fingerprint density at radius 1 is 1.30 bits per heavy atom. The standard InChI is InChI=1S/C16H25NO3/c1-12(2)14-11-15(18)13(3)10-16(14)20-9-6-17-4-7-19-8-5-17/h10-12,18H,4-9H2,1-3H3. The van der Waals surface area contributed by atoms with Crippen LogP contribution in [0.15, 0.2) is 12.1 Å². The smallest absolute Gasteiger partial charge is 0.123 e. The number of aromatic hydroxyl groups is 1. The van der Waals surface area contributed by atoms with Crippen LogP contribution in [0.3, 0.4) is 0 Å². The molecule has 0 spiro atoms. The first-order valence-corrected chi connectivity index (χ1v) is 7.34. The van der Waals surface area contributed by atoms with Crippen molar-refractivity contribution < 1.29 is 14.6 Å². The molecule has 0 amide bonds. The Balaban J connectivity index is 1.95. The molecule has 1 aliphatic heterocycles. The second-order valence-electron chi connectivity index (χ2n) is 5.63. The molecule has 2 rings (SSSR count). The Hall–Kier alpha value is -1.26. The Labute approximate surface area is 121 Å². The van der Waals surface area contributed by atoms with Crippen LogP contribution in [0.4, 0.5) is 0 Å². The highest BCUT2D eigenvalue weighted by molar-refractivity contribution is 5.46. The summed E-state index contributed by atoms with van der Waals surface area (Å²) in [6.07, 6.45) is 0. The first kappa shape index (κ1) is 15.1.